The molecule has 3 aliphatic rings. The monoisotopic (exact) mass is 396 g/mol. The number of amides is 1. The first kappa shape index (κ1) is 20.2. The molecule has 1 aliphatic carbocycles. The smallest absolute Gasteiger partial charge is 0.253 e. The number of benzene rings is 1. The molecule has 5 heteroatoms. The fraction of sp³-hybridized carbons (Fsp3) is 0.667. The summed E-state index contributed by atoms with van der Waals surface area (Å²) in [5, 5.41) is 3.49. The predicted octanol–water partition coefficient (Wildman–Crippen LogP) is 3.90. The van der Waals surface area contributed by atoms with Crippen LogP contribution in [0.1, 0.15) is 67.8 Å². The lowest BCUT2D eigenvalue weighted by molar-refractivity contribution is 0.0724. The largest absolute Gasteiger partial charge is 0.357 e. The molecule has 2 atom stereocenters. The Bertz CT molecular complexity index is 711. The van der Waals surface area contributed by atoms with Crippen LogP contribution >= 0.6 is 0 Å². The fourth-order valence-electron chi connectivity index (χ4n) is 5.25. The van der Waals surface area contributed by atoms with Crippen LogP contribution in [0, 0.1) is 11.8 Å². The van der Waals surface area contributed by atoms with Crippen molar-refractivity contribution in [2.45, 2.75) is 58.4 Å². The number of guanidine groups is 1. The van der Waals surface area contributed by atoms with E-state index < -0.39 is 0 Å². The van der Waals surface area contributed by atoms with Crippen molar-refractivity contribution in [3.63, 3.8) is 0 Å². The topological polar surface area (TPSA) is 47.9 Å². The molecule has 29 heavy (non-hydrogen) atoms. The molecule has 0 spiro atoms. The van der Waals surface area contributed by atoms with E-state index in [4.69, 9.17) is 4.99 Å². The normalized spacial score (nSPS) is 25.1. The first-order chi connectivity index (χ1) is 14.2. The van der Waals surface area contributed by atoms with Crippen LogP contribution in [0.15, 0.2) is 29.3 Å². The highest BCUT2D eigenvalue weighted by molar-refractivity contribution is 5.94. The first-order valence-electron chi connectivity index (χ1n) is 11.7. The van der Waals surface area contributed by atoms with Crippen molar-refractivity contribution in [3.8, 4) is 0 Å². The zero-order chi connectivity index (χ0) is 20.1. The van der Waals surface area contributed by atoms with Crippen molar-refractivity contribution in [1.82, 2.24) is 15.1 Å². The Balaban J connectivity index is 1.42. The third-order valence-corrected chi connectivity index (χ3v) is 6.84. The third kappa shape index (κ3) is 4.93. The van der Waals surface area contributed by atoms with Gasteiger partial charge in [0.05, 0.1) is 6.54 Å². The summed E-state index contributed by atoms with van der Waals surface area (Å²) in [6, 6.07) is 8.07. The minimum absolute atomic E-state index is 0.172. The van der Waals surface area contributed by atoms with Gasteiger partial charge in [-0.3, -0.25) is 4.79 Å². The SMILES string of the molecule is CCNC(=NCc1cccc(C(=O)N2CCCCC2)c1)N1CC2CCCCC2C1. The Labute approximate surface area is 175 Å². The van der Waals surface area contributed by atoms with Crippen molar-refractivity contribution in [3.05, 3.63) is 35.4 Å². The van der Waals surface area contributed by atoms with Crippen LogP contribution in [-0.2, 0) is 6.54 Å². The molecule has 1 N–H and O–H groups in total. The molecule has 2 aliphatic heterocycles. The van der Waals surface area contributed by atoms with Gasteiger partial charge in [0, 0.05) is 38.3 Å². The maximum Gasteiger partial charge on any atom is 0.253 e. The van der Waals surface area contributed by atoms with E-state index in [-0.39, 0.29) is 5.91 Å². The molecule has 2 saturated heterocycles. The summed E-state index contributed by atoms with van der Waals surface area (Å²) in [6.45, 7) is 7.71. The predicted molar refractivity (Wildman–Crippen MR) is 118 cm³/mol. The molecule has 1 aromatic carbocycles. The van der Waals surface area contributed by atoms with Gasteiger partial charge in [0.15, 0.2) is 5.96 Å². The molecule has 1 amide bonds. The Morgan fingerprint density at radius 3 is 2.45 bits per heavy atom. The van der Waals surface area contributed by atoms with E-state index >= 15 is 0 Å². The van der Waals surface area contributed by atoms with E-state index in [0.717, 1.165) is 74.5 Å². The van der Waals surface area contributed by atoms with Gasteiger partial charge in [-0.05, 0) is 68.6 Å². The van der Waals surface area contributed by atoms with Crippen molar-refractivity contribution < 1.29 is 4.79 Å². The zero-order valence-electron chi connectivity index (χ0n) is 17.9. The molecule has 4 rings (SSSR count). The quantitative estimate of drug-likeness (QED) is 0.620. The molecule has 2 heterocycles. The van der Waals surface area contributed by atoms with Gasteiger partial charge in [-0.25, -0.2) is 4.99 Å². The number of hydrogen-bond donors (Lipinski definition) is 1. The van der Waals surface area contributed by atoms with Gasteiger partial charge in [-0.15, -0.1) is 0 Å². The Kier molecular flexibility index (Phi) is 6.73. The molecular formula is C24H36N4O. The van der Waals surface area contributed by atoms with Crippen LogP contribution in [0.25, 0.3) is 0 Å². The molecule has 0 radical (unpaired) electrons. The number of nitrogens with one attached hydrogen (secondary N) is 1. The van der Waals surface area contributed by atoms with Crippen LogP contribution in [0.3, 0.4) is 0 Å². The van der Waals surface area contributed by atoms with Gasteiger partial charge >= 0.3 is 0 Å². The summed E-state index contributed by atoms with van der Waals surface area (Å²) >= 11 is 0. The second kappa shape index (κ2) is 9.64. The van der Waals surface area contributed by atoms with E-state index in [2.05, 4.69) is 23.2 Å². The highest BCUT2D eigenvalue weighted by Gasteiger charge is 2.35. The van der Waals surface area contributed by atoms with E-state index in [1.807, 2.05) is 23.1 Å². The minimum Gasteiger partial charge on any atom is -0.357 e. The average Bonchev–Trinajstić information content (AvgIpc) is 3.21. The maximum atomic E-state index is 12.8. The molecule has 158 valence electrons. The summed E-state index contributed by atoms with van der Waals surface area (Å²) in [5.41, 5.74) is 1.91. The van der Waals surface area contributed by atoms with Gasteiger partial charge in [0.2, 0.25) is 0 Å². The van der Waals surface area contributed by atoms with Crippen molar-refractivity contribution in [2.24, 2.45) is 16.8 Å². The van der Waals surface area contributed by atoms with Crippen LogP contribution in [0.4, 0.5) is 0 Å². The van der Waals surface area contributed by atoms with Crippen molar-refractivity contribution >= 4 is 11.9 Å². The summed E-state index contributed by atoms with van der Waals surface area (Å²) in [7, 11) is 0. The van der Waals surface area contributed by atoms with E-state index in [1.165, 1.54) is 32.1 Å². The lowest BCUT2D eigenvalue weighted by atomic mass is 9.82. The molecule has 3 fully saturated rings. The van der Waals surface area contributed by atoms with Crippen molar-refractivity contribution in [1.29, 1.82) is 0 Å². The van der Waals surface area contributed by atoms with E-state index in [0.29, 0.717) is 6.54 Å². The van der Waals surface area contributed by atoms with Crippen LogP contribution in [0.2, 0.25) is 0 Å². The number of rotatable bonds is 4. The molecule has 5 nitrogen and oxygen atoms in total. The molecule has 0 aromatic heterocycles. The second-order valence-corrected chi connectivity index (χ2v) is 8.93. The highest BCUT2D eigenvalue weighted by atomic mass is 16.2. The summed E-state index contributed by atoms with van der Waals surface area (Å²) in [5.74, 6) is 2.90. The molecule has 0 bridgehead atoms. The minimum atomic E-state index is 0.172. The number of carbonyl (C=O) groups is 1. The number of likely N-dealkylation sites (tertiary alicyclic amines) is 2. The molecule has 1 aromatic rings. The van der Waals surface area contributed by atoms with E-state index in [1.54, 1.807) is 0 Å². The number of hydrogen-bond acceptors (Lipinski definition) is 2. The standard InChI is InChI=1S/C24H36N4O/c1-2-25-24(28-17-21-10-4-5-11-22(21)18-28)26-16-19-9-8-12-20(15-19)23(29)27-13-6-3-7-14-27/h8-9,12,15,21-22H,2-7,10-11,13-14,16-18H2,1H3,(H,25,26). The summed E-state index contributed by atoms with van der Waals surface area (Å²) in [4.78, 5) is 22.2. The Morgan fingerprint density at radius 1 is 1.03 bits per heavy atom. The fourth-order valence-corrected chi connectivity index (χ4v) is 5.25. The number of carbonyl (C=O) groups excluding carboxylic acids is 1. The Morgan fingerprint density at radius 2 is 1.76 bits per heavy atom. The number of fused-ring (bicyclic) bond motifs is 1. The van der Waals surface area contributed by atoms with Gasteiger partial charge in [-0.1, -0.05) is 25.0 Å². The van der Waals surface area contributed by atoms with Gasteiger partial charge in [0.25, 0.3) is 5.91 Å². The molecule has 2 unspecified atom stereocenters. The maximum absolute atomic E-state index is 12.8. The highest BCUT2D eigenvalue weighted by Crippen LogP contribution is 2.36. The second-order valence-electron chi connectivity index (χ2n) is 8.93. The lowest BCUT2D eigenvalue weighted by Gasteiger charge is -2.26. The first-order valence-corrected chi connectivity index (χ1v) is 11.7. The van der Waals surface area contributed by atoms with Crippen LogP contribution in [-0.4, -0.2) is 54.4 Å². The molecular weight excluding hydrogens is 360 g/mol. The van der Waals surface area contributed by atoms with Gasteiger partial charge < -0.3 is 15.1 Å². The number of aliphatic imine (C=N–C) groups is 1. The number of nitrogens with zero attached hydrogens (tertiary/aromatic N) is 3. The van der Waals surface area contributed by atoms with E-state index in [9.17, 15) is 4.79 Å². The average molecular weight is 397 g/mol. The number of piperidine rings is 1. The zero-order valence-corrected chi connectivity index (χ0v) is 17.9. The van der Waals surface area contributed by atoms with Gasteiger partial charge in [0.1, 0.15) is 0 Å². The van der Waals surface area contributed by atoms with Gasteiger partial charge in [-0.2, -0.15) is 0 Å². The Hall–Kier alpha value is -2.04. The van der Waals surface area contributed by atoms with Crippen molar-refractivity contribution in [2.75, 3.05) is 32.7 Å². The summed E-state index contributed by atoms with van der Waals surface area (Å²) < 4.78 is 0. The molecule has 1 saturated carbocycles. The van der Waals surface area contributed by atoms with Crippen LogP contribution < -0.4 is 5.32 Å². The summed E-state index contributed by atoms with van der Waals surface area (Å²) in [6.07, 6.45) is 9.02. The lowest BCUT2D eigenvalue weighted by Crippen LogP contribution is -2.40. The van der Waals surface area contributed by atoms with Crippen LogP contribution in [0.5, 0.6) is 0 Å². The third-order valence-electron chi connectivity index (χ3n) is 6.84.